The van der Waals surface area contributed by atoms with Crippen LogP contribution in [0.25, 0.3) is 5.65 Å². The molecular formula is C16H22N4O2. The van der Waals surface area contributed by atoms with Gasteiger partial charge in [0.05, 0.1) is 7.11 Å². The summed E-state index contributed by atoms with van der Waals surface area (Å²) in [6, 6.07) is 4.09. The summed E-state index contributed by atoms with van der Waals surface area (Å²) in [6.45, 7) is 6.70. The molecule has 6 nitrogen and oxygen atoms in total. The highest BCUT2D eigenvalue weighted by Gasteiger charge is 2.26. The number of fused-ring (bicyclic) bond motifs is 1. The predicted molar refractivity (Wildman–Crippen MR) is 82.8 cm³/mol. The van der Waals surface area contributed by atoms with Gasteiger partial charge in [-0.1, -0.05) is 0 Å². The van der Waals surface area contributed by atoms with Crippen molar-refractivity contribution in [1.29, 1.82) is 0 Å². The largest absolute Gasteiger partial charge is 0.465 e. The highest BCUT2D eigenvalue weighted by molar-refractivity contribution is 5.95. The summed E-state index contributed by atoms with van der Waals surface area (Å²) in [4.78, 5) is 18.8. The second-order valence-electron chi connectivity index (χ2n) is 6.16. The van der Waals surface area contributed by atoms with E-state index in [0.717, 1.165) is 25.3 Å². The fourth-order valence-corrected chi connectivity index (χ4v) is 3.06. The molecule has 2 aromatic heterocycles. The summed E-state index contributed by atoms with van der Waals surface area (Å²) in [7, 11) is 1.38. The number of esters is 1. The maximum absolute atomic E-state index is 11.8. The number of nitrogens with zero attached hydrogens (tertiary/aromatic N) is 4. The predicted octanol–water partition coefficient (Wildman–Crippen LogP) is 1.79. The van der Waals surface area contributed by atoms with E-state index in [9.17, 15) is 4.79 Å². The van der Waals surface area contributed by atoms with Gasteiger partial charge in [0.1, 0.15) is 5.56 Å². The first-order chi connectivity index (χ1) is 10.6. The standard InChI is InChI=1S/C16H22N4O2/c1-11(2)19-8-6-12(10-19)9-14-17-15-13(16(21)22-3)5-4-7-20(15)18-14/h4-5,7,11-12H,6,8-10H2,1-3H3. The van der Waals surface area contributed by atoms with Crippen molar-refractivity contribution in [1.82, 2.24) is 19.5 Å². The number of carbonyl (C=O) groups excluding carboxylic acids is 1. The van der Waals surface area contributed by atoms with Gasteiger partial charge in [-0.15, -0.1) is 0 Å². The fourth-order valence-electron chi connectivity index (χ4n) is 3.06. The van der Waals surface area contributed by atoms with Crippen LogP contribution in [0, 0.1) is 5.92 Å². The maximum atomic E-state index is 11.8. The van der Waals surface area contributed by atoms with Crippen LogP contribution in [-0.2, 0) is 11.2 Å². The number of rotatable bonds is 4. The van der Waals surface area contributed by atoms with Crippen molar-refractivity contribution >= 4 is 11.6 Å². The van der Waals surface area contributed by atoms with E-state index in [0.29, 0.717) is 23.2 Å². The quantitative estimate of drug-likeness (QED) is 0.806. The number of aromatic nitrogens is 3. The van der Waals surface area contributed by atoms with Crippen LogP contribution in [0.15, 0.2) is 18.3 Å². The molecule has 118 valence electrons. The Hall–Kier alpha value is -1.95. The fraction of sp³-hybridized carbons (Fsp3) is 0.562. The zero-order valence-corrected chi connectivity index (χ0v) is 13.3. The van der Waals surface area contributed by atoms with E-state index in [1.807, 2.05) is 6.20 Å². The monoisotopic (exact) mass is 302 g/mol. The Morgan fingerprint density at radius 1 is 1.50 bits per heavy atom. The lowest BCUT2D eigenvalue weighted by atomic mass is 10.1. The molecule has 3 heterocycles. The zero-order chi connectivity index (χ0) is 15.7. The summed E-state index contributed by atoms with van der Waals surface area (Å²) in [6.07, 6.45) is 3.84. The number of hydrogen-bond acceptors (Lipinski definition) is 5. The Labute approximate surface area is 130 Å². The molecule has 0 N–H and O–H groups in total. The van der Waals surface area contributed by atoms with Crippen LogP contribution >= 0.6 is 0 Å². The van der Waals surface area contributed by atoms with Gasteiger partial charge in [0.25, 0.3) is 0 Å². The normalized spacial score (nSPS) is 19.2. The van der Waals surface area contributed by atoms with E-state index in [-0.39, 0.29) is 5.97 Å². The minimum absolute atomic E-state index is 0.378. The molecular weight excluding hydrogens is 280 g/mol. The molecule has 1 unspecified atom stereocenters. The van der Waals surface area contributed by atoms with E-state index in [1.165, 1.54) is 13.5 Å². The molecule has 6 heteroatoms. The van der Waals surface area contributed by atoms with Crippen LogP contribution in [0.1, 0.15) is 36.5 Å². The van der Waals surface area contributed by atoms with Crippen molar-refractivity contribution in [3.8, 4) is 0 Å². The molecule has 1 aliphatic heterocycles. The molecule has 1 fully saturated rings. The van der Waals surface area contributed by atoms with E-state index in [2.05, 4.69) is 28.8 Å². The maximum Gasteiger partial charge on any atom is 0.341 e. The molecule has 1 atom stereocenters. The Balaban J connectivity index is 1.80. The number of ether oxygens (including phenoxy) is 1. The lowest BCUT2D eigenvalue weighted by molar-refractivity contribution is 0.0602. The molecule has 1 saturated heterocycles. The Morgan fingerprint density at radius 3 is 3.00 bits per heavy atom. The van der Waals surface area contributed by atoms with E-state index >= 15 is 0 Å². The molecule has 0 aliphatic carbocycles. The number of hydrogen-bond donors (Lipinski definition) is 0. The zero-order valence-electron chi connectivity index (χ0n) is 13.3. The Morgan fingerprint density at radius 2 is 2.32 bits per heavy atom. The van der Waals surface area contributed by atoms with Crippen molar-refractivity contribution < 1.29 is 9.53 Å². The molecule has 0 spiro atoms. The molecule has 0 aromatic carbocycles. The summed E-state index contributed by atoms with van der Waals surface area (Å²) in [5.74, 6) is 1.00. The molecule has 1 aliphatic rings. The van der Waals surface area contributed by atoms with Crippen LogP contribution in [0.3, 0.4) is 0 Å². The van der Waals surface area contributed by atoms with Crippen LogP contribution in [-0.4, -0.2) is 51.7 Å². The third-order valence-corrected chi connectivity index (χ3v) is 4.33. The minimum Gasteiger partial charge on any atom is -0.465 e. The first kappa shape index (κ1) is 15.0. The number of carbonyl (C=O) groups is 1. The van der Waals surface area contributed by atoms with Crippen molar-refractivity contribution in [3.05, 3.63) is 29.7 Å². The van der Waals surface area contributed by atoms with Crippen LogP contribution in [0.2, 0.25) is 0 Å². The highest BCUT2D eigenvalue weighted by atomic mass is 16.5. The molecule has 2 aromatic rings. The molecule has 0 radical (unpaired) electrons. The summed E-state index contributed by atoms with van der Waals surface area (Å²) >= 11 is 0. The van der Waals surface area contributed by atoms with Gasteiger partial charge in [0, 0.05) is 25.2 Å². The molecule has 0 amide bonds. The third-order valence-electron chi connectivity index (χ3n) is 4.33. The van der Waals surface area contributed by atoms with Gasteiger partial charge in [-0.25, -0.2) is 14.3 Å². The SMILES string of the molecule is COC(=O)c1cccn2nc(CC3CCN(C(C)C)C3)nc12. The van der Waals surface area contributed by atoms with Gasteiger partial charge in [0.15, 0.2) is 11.5 Å². The average molecular weight is 302 g/mol. The van der Waals surface area contributed by atoms with E-state index in [4.69, 9.17) is 4.74 Å². The number of likely N-dealkylation sites (tertiary alicyclic amines) is 1. The van der Waals surface area contributed by atoms with Crippen LogP contribution < -0.4 is 0 Å². The first-order valence-electron chi connectivity index (χ1n) is 7.75. The highest BCUT2D eigenvalue weighted by Crippen LogP contribution is 2.22. The topological polar surface area (TPSA) is 59.7 Å². The molecule has 0 bridgehead atoms. The minimum atomic E-state index is -0.378. The second kappa shape index (κ2) is 6.04. The van der Waals surface area contributed by atoms with Crippen molar-refractivity contribution in [2.45, 2.75) is 32.7 Å². The Kier molecular flexibility index (Phi) is 4.11. The summed E-state index contributed by atoms with van der Waals surface area (Å²) in [5, 5.41) is 4.50. The smallest absolute Gasteiger partial charge is 0.341 e. The van der Waals surface area contributed by atoms with Gasteiger partial charge >= 0.3 is 5.97 Å². The number of pyridine rings is 1. The second-order valence-corrected chi connectivity index (χ2v) is 6.16. The lowest BCUT2D eigenvalue weighted by Gasteiger charge is -2.19. The molecule has 0 saturated carbocycles. The van der Waals surface area contributed by atoms with Gasteiger partial charge in [-0.3, -0.25) is 0 Å². The summed E-state index contributed by atoms with van der Waals surface area (Å²) in [5.41, 5.74) is 1.03. The van der Waals surface area contributed by atoms with Gasteiger partial charge in [-0.2, -0.15) is 5.10 Å². The summed E-state index contributed by atoms with van der Waals surface area (Å²) < 4.78 is 6.46. The van der Waals surface area contributed by atoms with Crippen molar-refractivity contribution in [2.75, 3.05) is 20.2 Å². The molecule has 3 rings (SSSR count). The lowest BCUT2D eigenvalue weighted by Crippen LogP contribution is -2.28. The third kappa shape index (κ3) is 2.83. The average Bonchev–Trinajstić information content (AvgIpc) is 3.12. The first-order valence-corrected chi connectivity index (χ1v) is 7.75. The van der Waals surface area contributed by atoms with Crippen LogP contribution in [0.5, 0.6) is 0 Å². The van der Waals surface area contributed by atoms with Gasteiger partial charge in [0.2, 0.25) is 0 Å². The van der Waals surface area contributed by atoms with Crippen molar-refractivity contribution in [2.24, 2.45) is 5.92 Å². The molecule has 22 heavy (non-hydrogen) atoms. The van der Waals surface area contributed by atoms with Gasteiger partial charge in [-0.05, 0) is 44.9 Å². The number of methoxy groups -OCH3 is 1. The van der Waals surface area contributed by atoms with Crippen molar-refractivity contribution in [3.63, 3.8) is 0 Å². The van der Waals surface area contributed by atoms with Crippen LogP contribution in [0.4, 0.5) is 0 Å². The van der Waals surface area contributed by atoms with E-state index < -0.39 is 0 Å². The van der Waals surface area contributed by atoms with Gasteiger partial charge < -0.3 is 9.64 Å². The Bertz CT molecular complexity index is 680. The van der Waals surface area contributed by atoms with E-state index in [1.54, 1.807) is 16.6 Å².